The van der Waals surface area contributed by atoms with E-state index in [9.17, 15) is 0 Å². The van der Waals surface area contributed by atoms with Crippen LogP contribution in [0.3, 0.4) is 0 Å². The van der Waals surface area contributed by atoms with Crippen LogP contribution in [-0.4, -0.2) is 4.98 Å². The molecular formula is C11H9BrCl2N2S. The lowest BCUT2D eigenvalue weighted by Crippen LogP contribution is -1.99. The standard InChI is InChI=1S/C11H9BrCl2N2S/c1-6-2-10(13)16-5-9(6)15-4-7-3-8(12)11(14)17-7/h2-3,5,15H,4H2,1H3. The first-order valence-corrected chi connectivity index (χ1v) is 7.22. The van der Waals surface area contributed by atoms with Crippen molar-refractivity contribution in [2.24, 2.45) is 0 Å². The number of aromatic nitrogens is 1. The summed E-state index contributed by atoms with van der Waals surface area (Å²) < 4.78 is 1.71. The molecule has 2 nitrogen and oxygen atoms in total. The van der Waals surface area contributed by atoms with E-state index in [2.05, 4.69) is 26.2 Å². The molecule has 0 unspecified atom stereocenters. The van der Waals surface area contributed by atoms with Crippen molar-refractivity contribution < 1.29 is 0 Å². The molecule has 6 heteroatoms. The van der Waals surface area contributed by atoms with Gasteiger partial charge in [0.2, 0.25) is 0 Å². The Morgan fingerprint density at radius 2 is 2.18 bits per heavy atom. The van der Waals surface area contributed by atoms with Crippen molar-refractivity contribution in [2.45, 2.75) is 13.5 Å². The summed E-state index contributed by atoms with van der Waals surface area (Å²) in [6.07, 6.45) is 1.74. The van der Waals surface area contributed by atoms with Gasteiger partial charge in [0.05, 0.1) is 11.9 Å². The summed E-state index contributed by atoms with van der Waals surface area (Å²) in [5.74, 6) is 0. The van der Waals surface area contributed by atoms with E-state index in [4.69, 9.17) is 23.2 Å². The molecule has 2 rings (SSSR count). The number of rotatable bonds is 3. The van der Waals surface area contributed by atoms with Gasteiger partial charge in [-0.15, -0.1) is 11.3 Å². The van der Waals surface area contributed by atoms with E-state index in [-0.39, 0.29) is 0 Å². The molecule has 90 valence electrons. The van der Waals surface area contributed by atoms with E-state index >= 15 is 0 Å². The summed E-state index contributed by atoms with van der Waals surface area (Å²) in [4.78, 5) is 5.21. The monoisotopic (exact) mass is 350 g/mol. The average Bonchev–Trinajstić information content (AvgIpc) is 2.57. The van der Waals surface area contributed by atoms with Crippen molar-refractivity contribution in [2.75, 3.05) is 5.32 Å². The van der Waals surface area contributed by atoms with E-state index in [0.29, 0.717) is 5.15 Å². The second-order valence-corrected chi connectivity index (χ2v) is 6.49. The number of halogens is 3. The molecule has 1 N–H and O–H groups in total. The zero-order valence-corrected chi connectivity index (χ0v) is 12.8. The molecule has 17 heavy (non-hydrogen) atoms. The van der Waals surface area contributed by atoms with Gasteiger partial charge < -0.3 is 5.32 Å². The molecule has 0 saturated heterocycles. The van der Waals surface area contributed by atoms with Crippen LogP contribution in [0, 0.1) is 6.92 Å². The highest BCUT2D eigenvalue weighted by Crippen LogP contribution is 2.32. The Morgan fingerprint density at radius 1 is 1.41 bits per heavy atom. The van der Waals surface area contributed by atoms with Crippen LogP contribution in [0.5, 0.6) is 0 Å². The van der Waals surface area contributed by atoms with Crippen molar-refractivity contribution in [3.63, 3.8) is 0 Å². The van der Waals surface area contributed by atoms with Crippen LogP contribution in [0.15, 0.2) is 22.8 Å². The molecule has 0 aromatic carbocycles. The van der Waals surface area contributed by atoms with Gasteiger partial charge in [0.25, 0.3) is 0 Å². The van der Waals surface area contributed by atoms with Crippen LogP contribution in [0.2, 0.25) is 9.49 Å². The molecule has 0 spiro atoms. The number of hydrogen-bond acceptors (Lipinski definition) is 3. The molecule has 0 saturated carbocycles. The maximum atomic E-state index is 5.98. The quantitative estimate of drug-likeness (QED) is 0.775. The Bertz CT molecular complexity index is 523. The van der Waals surface area contributed by atoms with Gasteiger partial charge in [-0.3, -0.25) is 0 Å². The van der Waals surface area contributed by atoms with Crippen molar-refractivity contribution >= 4 is 56.2 Å². The predicted octanol–water partition coefficient (Wildman–Crippen LogP) is 5.13. The fourth-order valence-corrected chi connectivity index (χ4v) is 3.31. The van der Waals surface area contributed by atoms with Crippen LogP contribution in [0.25, 0.3) is 0 Å². The summed E-state index contributed by atoms with van der Waals surface area (Å²) in [6, 6.07) is 3.85. The molecule has 0 atom stereocenters. The number of aryl methyl sites for hydroxylation is 1. The zero-order valence-electron chi connectivity index (χ0n) is 8.93. The lowest BCUT2D eigenvalue weighted by molar-refractivity contribution is 1.15. The first-order valence-electron chi connectivity index (χ1n) is 4.86. The average molecular weight is 352 g/mol. The first kappa shape index (κ1) is 13.1. The normalized spacial score (nSPS) is 10.6. The Morgan fingerprint density at radius 3 is 2.76 bits per heavy atom. The maximum absolute atomic E-state index is 5.98. The molecule has 0 aliphatic heterocycles. The summed E-state index contributed by atoms with van der Waals surface area (Å²) in [5, 5.41) is 3.82. The molecule has 0 fully saturated rings. The molecule has 2 aromatic rings. The summed E-state index contributed by atoms with van der Waals surface area (Å²) in [5.41, 5.74) is 2.06. The highest BCUT2D eigenvalue weighted by molar-refractivity contribution is 9.10. The van der Waals surface area contributed by atoms with Gasteiger partial charge in [-0.1, -0.05) is 23.2 Å². The van der Waals surface area contributed by atoms with Crippen LogP contribution in [-0.2, 0) is 6.54 Å². The van der Waals surface area contributed by atoms with Gasteiger partial charge in [0.1, 0.15) is 9.49 Å². The van der Waals surface area contributed by atoms with Gasteiger partial charge in [-0.25, -0.2) is 4.98 Å². The Balaban J connectivity index is 2.07. The van der Waals surface area contributed by atoms with Gasteiger partial charge >= 0.3 is 0 Å². The third-order valence-corrected chi connectivity index (χ3v) is 4.91. The van der Waals surface area contributed by atoms with E-state index in [1.54, 1.807) is 17.5 Å². The number of nitrogens with zero attached hydrogens (tertiary/aromatic N) is 1. The van der Waals surface area contributed by atoms with E-state index in [0.717, 1.165) is 31.5 Å². The topological polar surface area (TPSA) is 24.9 Å². The largest absolute Gasteiger partial charge is 0.379 e. The van der Waals surface area contributed by atoms with E-state index in [1.807, 2.05) is 19.1 Å². The molecule has 0 aliphatic rings. The van der Waals surface area contributed by atoms with Gasteiger partial charge in [-0.05, 0) is 40.5 Å². The lowest BCUT2D eigenvalue weighted by atomic mass is 10.2. The summed E-state index contributed by atoms with van der Waals surface area (Å²) in [6.45, 7) is 2.72. The van der Waals surface area contributed by atoms with Crippen molar-refractivity contribution in [3.05, 3.63) is 42.7 Å². The predicted molar refractivity (Wildman–Crippen MR) is 78.3 cm³/mol. The highest BCUT2D eigenvalue weighted by Gasteiger charge is 2.05. The van der Waals surface area contributed by atoms with E-state index in [1.165, 1.54) is 0 Å². The van der Waals surface area contributed by atoms with Gasteiger partial charge in [0, 0.05) is 15.9 Å². The Hall–Kier alpha value is -0.290. The van der Waals surface area contributed by atoms with Gasteiger partial charge in [0.15, 0.2) is 0 Å². The molecule has 0 aliphatic carbocycles. The smallest absolute Gasteiger partial charge is 0.129 e. The molecule has 0 bridgehead atoms. The highest BCUT2D eigenvalue weighted by atomic mass is 79.9. The van der Waals surface area contributed by atoms with Crippen LogP contribution >= 0.6 is 50.5 Å². The van der Waals surface area contributed by atoms with Gasteiger partial charge in [-0.2, -0.15) is 0 Å². The van der Waals surface area contributed by atoms with Crippen LogP contribution < -0.4 is 5.32 Å². The first-order chi connectivity index (χ1) is 8.06. The summed E-state index contributed by atoms with van der Waals surface area (Å²) >= 11 is 16.7. The molecule has 2 heterocycles. The van der Waals surface area contributed by atoms with Crippen molar-refractivity contribution in [3.8, 4) is 0 Å². The number of thiophene rings is 1. The number of anilines is 1. The molecule has 0 amide bonds. The van der Waals surface area contributed by atoms with E-state index < -0.39 is 0 Å². The van der Waals surface area contributed by atoms with Crippen LogP contribution in [0.1, 0.15) is 10.4 Å². The second kappa shape index (κ2) is 5.57. The molecule has 0 radical (unpaired) electrons. The molecule has 2 aromatic heterocycles. The maximum Gasteiger partial charge on any atom is 0.129 e. The lowest BCUT2D eigenvalue weighted by Gasteiger charge is -2.07. The zero-order chi connectivity index (χ0) is 12.4. The van der Waals surface area contributed by atoms with Crippen LogP contribution in [0.4, 0.5) is 5.69 Å². The minimum atomic E-state index is 0.509. The van der Waals surface area contributed by atoms with Crippen molar-refractivity contribution in [1.82, 2.24) is 4.98 Å². The van der Waals surface area contributed by atoms with Crippen molar-refractivity contribution in [1.29, 1.82) is 0 Å². The summed E-state index contributed by atoms with van der Waals surface area (Å²) in [7, 11) is 0. The second-order valence-electron chi connectivity index (χ2n) is 3.51. The Labute approximate surface area is 122 Å². The minimum Gasteiger partial charge on any atom is -0.379 e. The fraction of sp³-hybridized carbons (Fsp3) is 0.182. The third kappa shape index (κ3) is 3.35. The number of hydrogen-bond donors (Lipinski definition) is 1. The molecular weight excluding hydrogens is 343 g/mol. The number of pyridine rings is 1. The minimum absolute atomic E-state index is 0.509. The SMILES string of the molecule is Cc1cc(Cl)ncc1NCc1cc(Br)c(Cl)s1. The Kier molecular flexibility index (Phi) is 4.31. The third-order valence-electron chi connectivity index (χ3n) is 2.23. The number of nitrogens with one attached hydrogen (secondary N) is 1. The fourth-order valence-electron chi connectivity index (χ4n) is 1.37.